The SMILES string of the molecule is CC1(COc2ccc(Cn3c(O)csc3=O)cc2)CCCCC1. The van der Waals surface area contributed by atoms with E-state index < -0.39 is 0 Å². The highest BCUT2D eigenvalue weighted by atomic mass is 32.1. The molecule has 1 heterocycles. The average Bonchev–Trinajstić information content (AvgIpc) is 2.87. The molecule has 124 valence electrons. The van der Waals surface area contributed by atoms with Gasteiger partial charge in [-0.3, -0.25) is 9.36 Å². The summed E-state index contributed by atoms with van der Waals surface area (Å²) in [5.41, 5.74) is 1.27. The van der Waals surface area contributed by atoms with E-state index in [0.717, 1.165) is 29.3 Å². The van der Waals surface area contributed by atoms with E-state index in [1.165, 1.54) is 42.1 Å². The second-order valence-corrected chi connectivity index (χ2v) is 7.57. The first-order valence-corrected chi connectivity index (χ1v) is 9.03. The molecule has 1 fully saturated rings. The smallest absolute Gasteiger partial charge is 0.310 e. The van der Waals surface area contributed by atoms with Gasteiger partial charge in [0.1, 0.15) is 5.75 Å². The molecule has 0 atom stereocenters. The largest absolute Gasteiger partial charge is 0.494 e. The first-order chi connectivity index (χ1) is 11.1. The normalized spacial score (nSPS) is 17.1. The lowest BCUT2D eigenvalue weighted by Crippen LogP contribution is -2.27. The van der Waals surface area contributed by atoms with Gasteiger partial charge in [0.15, 0.2) is 0 Å². The first kappa shape index (κ1) is 16.1. The molecule has 3 rings (SSSR count). The molecular weight excluding hydrogens is 310 g/mol. The predicted molar refractivity (Wildman–Crippen MR) is 92.5 cm³/mol. The Hall–Kier alpha value is -1.75. The fourth-order valence-electron chi connectivity index (χ4n) is 3.15. The summed E-state index contributed by atoms with van der Waals surface area (Å²) in [6.45, 7) is 3.45. The number of aromatic nitrogens is 1. The van der Waals surface area contributed by atoms with Crippen molar-refractivity contribution in [2.24, 2.45) is 5.41 Å². The first-order valence-electron chi connectivity index (χ1n) is 8.15. The van der Waals surface area contributed by atoms with Crippen molar-refractivity contribution in [2.75, 3.05) is 6.61 Å². The monoisotopic (exact) mass is 333 g/mol. The van der Waals surface area contributed by atoms with Crippen LogP contribution in [-0.4, -0.2) is 16.3 Å². The summed E-state index contributed by atoms with van der Waals surface area (Å²) >= 11 is 1.01. The second kappa shape index (κ2) is 6.79. The topological polar surface area (TPSA) is 51.5 Å². The van der Waals surface area contributed by atoms with E-state index in [0.29, 0.717) is 12.0 Å². The van der Waals surface area contributed by atoms with Gasteiger partial charge in [-0.1, -0.05) is 49.7 Å². The number of hydrogen-bond acceptors (Lipinski definition) is 4. The highest BCUT2D eigenvalue weighted by Gasteiger charge is 2.27. The Morgan fingerprint density at radius 2 is 1.91 bits per heavy atom. The second-order valence-electron chi connectivity index (χ2n) is 6.75. The molecule has 2 aromatic rings. The number of nitrogens with zero attached hydrogens (tertiary/aromatic N) is 1. The zero-order chi connectivity index (χ0) is 16.3. The maximum Gasteiger partial charge on any atom is 0.310 e. The summed E-state index contributed by atoms with van der Waals surface area (Å²) in [5, 5.41) is 11.1. The van der Waals surface area contributed by atoms with Crippen LogP contribution >= 0.6 is 11.3 Å². The molecule has 5 heteroatoms. The molecule has 1 aliphatic carbocycles. The molecule has 1 aliphatic rings. The molecule has 0 radical (unpaired) electrons. The lowest BCUT2D eigenvalue weighted by atomic mass is 9.76. The highest BCUT2D eigenvalue weighted by molar-refractivity contribution is 7.07. The van der Waals surface area contributed by atoms with E-state index >= 15 is 0 Å². The Morgan fingerprint density at radius 3 is 2.52 bits per heavy atom. The molecule has 1 saturated carbocycles. The molecule has 1 aromatic heterocycles. The van der Waals surface area contributed by atoms with Crippen molar-refractivity contribution in [3.63, 3.8) is 0 Å². The number of benzene rings is 1. The summed E-state index contributed by atoms with van der Waals surface area (Å²) in [5.74, 6) is 0.882. The van der Waals surface area contributed by atoms with Gasteiger partial charge in [0.2, 0.25) is 5.88 Å². The van der Waals surface area contributed by atoms with Crippen LogP contribution in [0.15, 0.2) is 34.4 Å². The lowest BCUT2D eigenvalue weighted by molar-refractivity contribution is 0.116. The molecule has 0 spiro atoms. The molecule has 0 bridgehead atoms. The van der Waals surface area contributed by atoms with Crippen LogP contribution in [0.3, 0.4) is 0 Å². The molecule has 1 N–H and O–H groups in total. The van der Waals surface area contributed by atoms with Gasteiger partial charge in [-0.05, 0) is 30.5 Å². The molecule has 0 saturated heterocycles. The molecule has 1 aromatic carbocycles. The van der Waals surface area contributed by atoms with Crippen LogP contribution in [-0.2, 0) is 6.54 Å². The van der Waals surface area contributed by atoms with Gasteiger partial charge in [0.05, 0.1) is 18.5 Å². The molecule has 0 unspecified atom stereocenters. The van der Waals surface area contributed by atoms with Gasteiger partial charge in [0, 0.05) is 5.41 Å². The minimum atomic E-state index is -0.145. The van der Waals surface area contributed by atoms with E-state index in [2.05, 4.69) is 6.92 Å². The number of ether oxygens (including phenoxy) is 1. The Bertz CT molecular complexity index is 696. The maximum absolute atomic E-state index is 11.6. The van der Waals surface area contributed by atoms with Gasteiger partial charge in [-0.2, -0.15) is 0 Å². The summed E-state index contributed by atoms with van der Waals surface area (Å²) < 4.78 is 7.33. The Labute approximate surface area is 140 Å². The Morgan fingerprint density at radius 1 is 1.22 bits per heavy atom. The lowest BCUT2D eigenvalue weighted by Gasteiger charge is -2.33. The number of aromatic hydroxyl groups is 1. The van der Waals surface area contributed by atoms with Crippen LogP contribution in [0, 0.1) is 5.41 Å². The summed E-state index contributed by atoms with van der Waals surface area (Å²) in [6, 6.07) is 7.77. The fraction of sp³-hybridized carbons (Fsp3) is 0.500. The van der Waals surface area contributed by atoms with Gasteiger partial charge in [-0.25, -0.2) is 0 Å². The van der Waals surface area contributed by atoms with Crippen molar-refractivity contribution in [3.8, 4) is 11.6 Å². The van der Waals surface area contributed by atoms with Crippen molar-refractivity contribution in [1.29, 1.82) is 0 Å². The van der Waals surface area contributed by atoms with Crippen LogP contribution < -0.4 is 9.61 Å². The molecular formula is C18H23NO3S. The zero-order valence-electron chi connectivity index (χ0n) is 13.5. The van der Waals surface area contributed by atoms with Crippen molar-refractivity contribution in [3.05, 3.63) is 44.9 Å². The van der Waals surface area contributed by atoms with Gasteiger partial charge in [0.25, 0.3) is 0 Å². The van der Waals surface area contributed by atoms with E-state index in [1.54, 1.807) is 0 Å². The molecule has 23 heavy (non-hydrogen) atoms. The van der Waals surface area contributed by atoms with E-state index in [4.69, 9.17) is 4.74 Å². The van der Waals surface area contributed by atoms with E-state index in [9.17, 15) is 9.90 Å². The fourth-order valence-corrected chi connectivity index (χ4v) is 3.77. The van der Waals surface area contributed by atoms with Crippen molar-refractivity contribution >= 4 is 11.3 Å². The third-order valence-corrected chi connectivity index (χ3v) is 5.42. The van der Waals surface area contributed by atoms with Crippen molar-refractivity contribution < 1.29 is 9.84 Å². The van der Waals surface area contributed by atoms with E-state index in [1.807, 2.05) is 24.3 Å². The van der Waals surface area contributed by atoms with E-state index in [-0.39, 0.29) is 10.8 Å². The average molecular weight is 333 g/mol. The summed E-state index contributed by atoms with van der Waals surface area (Å²) in [4.78, 5) is 11.5. The molecule has 0 aliphatic heterocycles. The van der Waals surface area contributed by atoms with Crippen molar-refractivity contribution in [2.45, 2.75) is 45.6 Å². The standard InChI is InChI=1S/C18H23NO3S/c1-18(9-3-2-4-10-18)13-22-15-7-5-14(6-8-15)11-19-16(20)12-23-17(19)21/h5-8,12,20H,2-4,9-11,13H2,1H3. The number of rotatable bonds is 5. The van der Waals surface area contributed by atoms with Crippen LogP contribution in [0.1, 0.15) is 44.6 Å². The third-order valence-electron chi connectivity index (χ3n) is 4.67. The van der Waals surface area contributed by atoms with Crippen LogP contribution in [0.4, 0.5) is 0 Å². The third kappa shape index (κ3) is 3.96. The minimum Gasteiger partial charge on any atom is -0.494 e. The molecule has 4 nitrogen and oxygen atoms in total. The highest BCUT2D eigenvalue weighted by Crippen LogP contribution is 2.36. The Kier molecular flexibility index (Phi) is 4.76. The summed E-state index contributed by atoms with van der Waals surface area (Å²) in [6.07, 6.45) is 6.44. The maximum atomic E-state index is 11.6. The van der Waals surface area contributed by atoms with Crippen LogP contribution in [0.2, 0.25) is 0 Å². The number of hydrogen-bond donors (Lipinski definition) is 1. The van der Waals surface area contributed by atoms with Crippen molar-refractivity contribution in [1.82, 2.24) is 4.57 Å². The van der Waals surface area contributed by atoms with Gasteiger partial charge >= 0.3 is 4.87 Å². The van der Waals surface area contributed by atoms with Crippen LogP contribution in [0.25, 0.3) is 0 Å². The predicted octanol–water partition coefficient (Wildman–Crippen LogP) is 4.01. The van der Waals surface area contributed by atoms with Crippen LogP contribution in [0.5, 0.6) is 11.6 Å². The van der Waals surface area contributed by atoms with Gasteiger partial charge < -0.3 is 9.84 Å². The number of thiazole rings is 1. The Balaban J connectivity index is 1.60. The zero-order valence-corrected chi connectivity index (χ0v) is 14.3. The molecule has 0 amide bonds. The van der Waals surface area contributed by atoms with Gasteiger partial charge in [-0.15, -0.1) is 0 Å². The summed E-state index contributed by atoms with van der Waals surface area (Å²) in [7, 11) is 0. The minimum absolute atomic E-state index is 0.0190. The quantitative estimate of drug-likeness (QED) is 0.899.